The lowest BCUT2D eigenvalue weighted by atomic mass is 10.3. The number of halogens is 1. The van der Waals surface area contributed by atoms with Gasteiger partial charge in [0.05, 0.1) is 6.04 Å². The Kier molecular flexibility index (Phi) is 4.56. The van der Waals surface area contributed by atoms with E-state index in [2.05, 4.69) is 5.32 Å². The highest BCUT2D eigenvalue weighted by atomic mass is 35.5. The molecule has 11 heavy (non-hydrogen) atoms. The van der Waals surface area contributed by atoms with E-state index in [0.29, 0.717) is 0 Å². The summed E-state index contributed by atoms with van der Waals surface area (Å²) in [5, 5.41) is 10.2. The van der Waals surface area contributed by atoms with Crippen LogP contribution in [0.15, 0.2) is 0 Å². The van der Waals surface area contributed by atoms with Gasteiger partial charge in [0, 0.05) is 5.88 Å². The Balaban J connectivity index is 3.60. The Labute approximate surface area is 68.5 Å². The molecule has 4 N–H and O–H groups in total. The Morgan fingerprint density at radius 1 is 1.64 bits per heavy atom. The van der Waals surface area contributed by atoms with Gasteiger partial charge in [-0.1, -0.05) is 0 Å². The van der Waals surface area contributed by atoms with Crippen molar-refractivity contribution in [3.63, 3.8) is 0 Å². The average Bonchev–Trinajstić information content (AvgIpc) is 1.98. The highest BCUT2D eigenvalue weighted by molar-refractivity contribution is 6.19. The molecule has 0 aromatic heterocycles. The van der Waals surface area contributed by atoms with E-state index < -0.39 is 24.5 Å². The van der Waals surface area contributed by atoms with E-state index in [-0.39, 0.29) is 5.88 Å². The first-order valence-corrected chi connectivity index (χ1v) is 3.42. The lowest BCUT2D eigenvalue weighted by molar-refractivity contribution is -0.138. The number of carbonyl (C=O) groups is 2. The third kappa shape index (κ3) is 4.58. The van der Waals surface area contributed by atoms with E-state index >= 15 is 0 Å². The number of aliphatic carboxylic acids is 1. The number of hydrogen-bond acceptors (Lipinski definition) is 3. The zero-order chi connectivity index (χ0) is 8.85. The van der Waals surface area contributed by atoms with E-state index in [0.717, 1.165) is 0 Å². The van der Waals surface area contributed by atoms with Gasteiger partial charge in [0.2, 0.25) is 5.91 Å². The Morgan fingerprint density at radius 2 is 2.18 bits per heavy atom. The molecule has 1 amide bonds. The van der Waals surface area contributed by atoms with Crippen molar-refractivity contribution in [1.82, 2.24) is 5.32 Å². The van der Waals surface area contributed by atoms with Gasteiger partial charge < -0.3 is 16.2 Å². The number of carbonyl (C=O) groups excluding carboxylic acids is 1. The van der Waals surface area contributed by atoms with Crippen molar-refractivity contribution >= 4 is 23.5 Å². The topological polar surface area (TPSA) is 92.4 Å². The molecule has 0 aliphatic heterocycles. The molecule has 0 aromatic rings. The summed E-state index contributed by atoms with van der Waals surface area (Å²) >= 11 is 5.23. The van der Waals surface area contributed by atoms with Crippen LogP contribution in [-0.4, -0.2) is 35.4 Å². The zero-order valence-corrected chi connectivity index (χ0v) is 6.47. The van der Waals surface area contributed by atoms with Crippen molar-refractivity contribution in [1.29, 1.82) is 0 Å². The van der Waals surface area contributed by atoms with Crippen molar-refractivity contribution in [2.75, 3.05) is 12.4 Å². The SMILES string of the molecule is N[C@@H](CCl)C(=O)NCC(=O)O. The highest BCUT2D eigenvalue weighted by Gasteiger charge is 2.11. The molecule has 0 unspecified atom stereocenters. The standard InChI is InChI=1S/C5H9ClN2O3/c6-1-3(7)5(11)8-2-4(9)10/h3H,1-2,7H2,(H,8,11)(H,9,10)/t3-/m0/s1. The summed E-state index contributed by atoms with van der Waals surface area (Å²) in [6.07, 6.45) is 0. The van der Waals surface area contributed by atoms with Crippen molar-refractivity contribution in [2.45, 2.75) is 6.04 Å². The molecule has 64 valence electrons. The summed E-state index contributed by atoms with van der Waals surface area (Å²) in [4.78, 5) is 20.6. The van der Waals surface area contributed by atoms with Crippen LogP contribution in [0.1, 0.15) is 0 Å². The molecule has 0 rings (SSSR count). The quantitative estimate of drug-likeness (QED) is 0.472. The molecule has 0 saturated heterocycles. The fourth-order valence-electron chi connectivity index (χ4n) is 0.364. The van der Waals surface area contributed by atoms with E-state index in [4.69, 9.17) is 22.4 Å². The molecule has 6 heteroatoms. The third-order valence-electron chi connectivity index (χ3n) is 0.917. The number of alkyl halides is 1. The van der Waals surface area contributed by atoms with Gasteiger partial charge in [-0.05, 0) is 0 Å². The van der Waals surface area contributed by atoms with E-state index in [1.807, 2.05) is 0 Å². The summed E-state index contributed by atoms with van der Waals surface area (Å²) < 4.78 is 0. The van der Waals surface area contributed by atoms with Crippen molar-refractivity contribution < 1.29 is 14.7 Å². The van der Waals surface area contributed by atoms with Crippen molar-refractivity contribution in [2.24, 2.45) is 5.73 Å². The predicted octanol–water partition coefficient (Wildman–Crippen LogP) is -1.25. The number of carboxylic acid groups (broad SMARTS) is 1. The monoisotopic (exact) mass is 180 g/mol. The molecular weight excluding hydrogens is 172 g/mol. The average molecular weight is 181 g/mol. The Bertz CT molecular complexity index is 162. The molecular formula is C5H9ClN2O3. The van der Waals surface area contributed by atoms with Crippen LogP contribution >= 0.6 is 11.6 Å². The van der Waals surface area contributed by atoms with Gasteiger partial charge >= 0.3 is 5.97 Å². The van der Waals surface area contributed by atoms with Crippen LogP contribution in [0.4, 0.5) is 0 Å². The fraction of sp³-hybridized carbons (Fsp3) is 0.600. The molecule has 0 fully saturated rings. The molecule has 0 radical (unpaired) electrons. The molecule has 0 aliphatic rings. The van der Waals surface area contributed by atoms with Crippen LogP contribution in [0.3, 0.4) is 0 Å². The number of nitrogens with two attached hydrogens (primary N) is 1. The van der Waals surface area contributed by atoms with Gasteiger partial charge in [0.25, 0.3) is 0 Å². The number of hydrogen-bond donors (Lipinski definition) is 3. The smallest absolute Gasteiger partial charge is 0.322 e. The highest BCUT2D eigenvalue weighted by Crippen LogP contribution is 1.82. The lowest BCUT2D eigenvalue weighted by Crippen LogP contribution is -2.43. The largest absolute Gasteiger partial charge is 0.480 e. The van der Waals surface area contributed by atoms with Crippen LogP contribution < -0.4 is 11.1 Å². The van der Waals surface area contributed by atoms with Crippen molar-refractivity contribution in [3.8, 4) is 0 Å². The van der Waals surface area contributed by atoms with Gasteiger partial charge in [0.1, 0.15) is 6.54 Å². The predicted molar refractivity (Wildman–Crippen MR) is 39.3 cm³/mol. The summed E-state index contributed by atoms with van der Waals surface area (Å²) in [6, 6.07) is -0.837. The number of rotatable bonds is 4. The normalized spacial score (nSPS) is 12.2. The fourth-order valence-corrected chi connectivity index (χ4v) is 0.504. The maximum atomic E-state index is 10.7. The molecule has 0 aliphatic carbocycles. The van der Waals surface area contributed by atoms with Crippen LogP contribution in [0.2, 0.25) is 0 Å². The van der Waals surface area contributed by atoms with Crippen LogP contribution in [-0.2, 0) is 9.59 Å². The Hall–Kier alpha value is -0.810. The summed E-state index contributed by atoms with van der Waals surface area (Å²) in [5.74, 6) is -1.69. The van der Waals surface area contributed by atoms with Gasteiger partial charge in [0.15, 0.2) is 0 Å². The van der Waals surface area contributed by atoms with Crippen molar-refractivity contribution in [3.05, 3.63) is 0 Å². The second-order valence-electron chi connectivity index (χ2n) is 1.87. The van der Waals surface area contributed by atoms with Gasteiger partial charge in [-0.15, -0.1) is 11.6 Å². The minimum absolute atomic E-state index is 0.0224. The van der Waals surface area contributed by atoms with E-state index in [1.165, 1.54) is 0 Å². The molecule has 0 saturated carbocycles. The first-order valence-electron chi connectivity index (χ1n) is 2.89. The Morgan fingerprint density at radius 3 is 2.55 bits per heavy atom. The molecule has 5 nitrogen and oxygen atoms in total. The van der Waals surface area contributed by atoms with Crippen LogP contribution in [0.5, 0.6) is 0 Å². The maximum Gasteiger partial charge on any atom is 0.322 e. The van der Waals surface area contributed by atoms with Crippen LogP contribution in [0, 0.1) is 0 Å². The molecule has 0 heterocycles. The van der Waals surface area contributed by atoms with Gasteiger partial charge in [-0.3, -0.25) is 9.59 Å². The summed E-state index contributed by atoms with van der Waals surface area (Å²) in [7, 11) is 0. The second-order valence-corrected chi connectivity index (χ2v) is 2.18. The third-order valence-corrected chi connectivity index (χ3v) is 1.25. The number of nitrogens with one attached hydrogen (secondary N) is 1. The molecule has 0 bridgehead atoms. The molecule has 0 spiro atoms. The summed E-state index contributed by atoms with van der Waals surface area (Å²) in [5.41, 5.74) is 5.17. The van der Waals surface area contributed by atoms with Crippen LogP contribution in [0.25, 0.3) is 0 Å². The number of carboxylic acids is 1. The van der Waals surface area contributed by atoms with E-state index in [1.54, 1.807) is 0 Å². The van der Waals surface area contributed by atoms with Gasteiger partial charge in [-0.2, -0.15) is 0 Å². The maximum absolute atomic E-state index is 10.7. The minimum atomic E-state index is -1.11. The second kappa shape index (κ2) is 4.92. The first-order chi connectivity index (χ1) is 5.07. The zero-order valence-electron chi connectivity index (χ0n) is 5.71. The summed E-state index contributed by atoms with van der Waals surface area (Å²) in [6.45, 7) is -0.427. The number of amides is 1. The van der Waals surface area contributed by atoms with Gasteiger partial charge in [-0.25, -0.2) is 0 Å². The molecule has 1 atom stereocenters. The minimum Gasteiger partial charge on any atom is -0.480 e. The lowest BCUT2D eigenvalue weighted by Gasteiger charge is -2.06. The molecule has 0 aromatic carbocycles. The van der Waals surface area contributed by atoms with E-state index in [9.17, 15) is 9.59 Å². The first kappa shape index (κ1) is 10.2.